The van der Waals surface area contributed by atoms with Crippen LogP contribution >= 0.6 is 11.3 Å². The minimum atomic E-state index is -1.12. The van der Waals surface area contributed by atoms with Crippen LogP contribution in [0.5, 0.6) is 0 Å². The highest BCUT2D eigenvalue weighted by atomic mass is 32.1. The first-order chi connectivity index (χ1) is 9.66. The van der Waals surface area contributed by atoms with Crippen LogP contribution in [0.4, 0.5) is 0 Å². The van der Waals surface area contributed by atoms with Crippen molar-refractivity contribution in [2.45, 2.75) is 6.54 Å². The molecule has 0 saturated heterocycles. The summed E-state index contributed by atoms with van der Waals surface area (Å²) in [6.07, 6.45) is 4.88. The predicted molar refractivity (Wildman–Crippen MR) is 70.4 cm³/mol. The Morgan fingerprint density at radius 3 is 2.95 bits per heavy atom. The van der Waals surface area contributed by atoms with E-state index < -0.39 is 5.97 Å². The van der Waals surface area contributed by atoms with E-state index in [1.54, 1.807) is 30.3 Å². The molecule has 3 rings (SSSR count). The van der Waals surface area contributed by atoms with Gasteiger partial charge in [0.1, 0.15) is 10.7 Å². The van der Waals surface area contributed by atoms with Gasteiger partial charge in [0.2, 0.25) is 0 Å². The second-order valence-electron chi connectivity index (χ2n) is 4.07. The van der Waals surface area contributed by atoms with Gasteiger partial charge in [-0.1, -0.05) is 5.21 Å². The van der Waals surface area contributed by atoms with Crippen molar-refractivity contribution in [3.05, 3.63) is 34.8 Å². The van der Waals surface area contributed by atoms with Gasteiger partial charge in [-0.05, 0) is 0 Å². The summed E-state index contributed by atoms with van der Waals surface area (Å²) in [6, 6.07) is 0. The number of aryl methyl sites for hydroxylation is 1. The summed E-state index contributed by atoms with van der Waals surface area (Å²) < 4.78 is 3.25. The summed E-state index contributed by atoms with van der Waals surface area (Å²) in [5.74, 6) is -1.12. The maximum absolute atomic E-state index is 11.3. The van der Waals surface area contributed by atoms with Gasteiger partial charge in [0.05, 0.1) is 24.8 Å². The molecule has 0 aromatic carbocycles. The minimum Gasteiger partial charge on any atom is -0.476 e. The lowest BCUT2D eigenvalue weighted by Crippen LogP contribution is -2.07. The number of nitrogens with zero attached hydrogens (tertiary/aromatic N) is 6. The summed E-state index contributed by atoms with van der Waals surface area (Å²) in [7, 11) is 1.79. The maximum atomic E-state index is 11.3. The number of thiazole rings is 1. The number of hydrogen-bond donors (Lipinski definition) is 1. The first-order valence-corrected chi connectivity index (χ1v) is 6.56. The molecule has 0 saturated carbocycles. The number of carboxylic acids is 1. The van der Waals surface area contributed by atoms with Crippen molar-refractivity contribution in [1.82, 2.24) is 29.5 Å². The fourth-order valence-corrected chi connectivity index (χ4v) is 2.46. The van der Waals surface area contributed by atoms with Gasteiger partial charge in [0, 0.05) is 18.6 Å². The molecule has 0 fully saturated rings. The predicted octanol–water partition coefficient (Wildman–Crippen LogP) is 0.882. The summed E-state index contributed by atoms with van der Waals surface area (Å²) in [4.78, 5) is 19.5. The Hall–Kier alpha value is -2.55. The zero-order chi connectivity index (χ0) is 14.1. The van der Waals surface area contributed by atoms with Gasteiger partial charge in [-0.2, -0.15) is 0 Å². The molecule has 3 aromatic heterocycles. The quantitative estimate of drug-likeness (QED) is 0.766. The Morgan fingerprint density at radius 1 is 1.50 bits per heavy atom. The lowest BCUT2D eigenvalue weighted by molar-refractivity contribution is 0.0691. The van der Waals surface area contributed by atoms with Crippen LogP contribution in [0.15, 0.2) is 24.1 Å². The lowest BCUT2D eigenvalue weighted by Gasteiger charge is -2.06. The Morgan fingerprint density at radius 2 is 2.35 bits per heavy atom. The number of hydrogen-bond acceptors (Lipinski definition) is 6. The smallest absolute Gasteiger partial charge is 0.358 e. The highest BCUT2D eigenvalue weighted by Crippen LogP contribution is 2.22. The summed E-state index contributed by atoms with van der Waals surface area (Å²) in [5, 5.41) is 19.6. The Balaban J connectivity index is 2.11. The van der Waals surface area contributed by atoms with E-state index in [4.69, 9.17) is 0 Å². The van der Waals surface area contributed by atoms with E-state index in [1.807, 2.05) is 5.38 Å². The fraction of sp³-hybridized carbons (Fsp3) is 0.182. The van der Waals surface area contributed by atoms with Crippen LogP contribution in [0, 0.1) is 0 Å². The fourth-order valence-electron chi connectivity index (χ4n) is 1.87. The zero-order valence-electron chi connectivity index (χ0n) is 10.5. The minimum absolute atomic E-state index is 0.0924. The number of aromatic nitrogens is 6. The molecule has 9 heteroatoms. The topological polar surface area (TPSA) is 98.7 Å². The SMILES string of the molecule is Cn1cncc1-c1c(C(=O)O)nnn1Cc1nccs1. The van der Waals surface area contributed by atoms with Crippen LogP contribution < -0.4 is 0 Å². The van der Waals surface area contributed by atoms with Crippen LogP contribution in [0.3, 0.4) is 0 Å². The first-order valence-electron chi connectivity index (χ1n) is 5.68. The molecular weight excluding hydrogens is 280 g/mol. The third kappa shape index (κ3) is 2.07. The van der Waals surface area contributed by atoms with E-state index >= 15 is 0 Å². The van der Waals surface area contributed by atoms with E-state index in [2.05, 4.69) is 20.3 Å². The van der Waals surface area contributed by atoms with Crippen molar-refractivity contribution < 1.29 is 9.90 Å². The molecule has 0 amide bonds. The number of imidazole rings is 1. The van der Waals surface area contributed by atoms with E-state index in [1.165, 1.54) is 16.0 Å². The molecule has 0 unspecified atom stereocenters. The van der Waals surface area contributed by atoms with Crippen molar-refractivity contribution in [2.75, 3.05) is 0 Å². The van der Waals surface area contributed by atoms with Gasteiger partial charge in [0.15, 0.2) is 5.69 Å². The lowest BCUT2D eigenvalue weighted by atomic mass is 10.2. The van der Waals surface area contributed by atoms with Crippen molar-refractivity contribution in [3.8, 4) is 11.4 Å². The Bertz CT molecular complexity index is 745. The average Bonchev–Trinajstić information content (AvgIpc) is 3.10. The molecule has 8 nitrogen and oxygen atoms in total. The van der Waals surface area contributed by atoms with E-state index in [0.717, 1.165) is 5.01 Å². The molecule has 102 valence electrons. The molecule has 0 atom stereocenters. The molecule has 3 aromatic rings. The molecular formula is C11H10N6O2S. The largest absolute Gasteiger partial charge is 0.476 e. The molecule has 3 heterocycles. The molecule has 0 radical (unpaired) electrons. The van der Waals surface area contributed by atoms with E-state index in [-0.39, 0.29) is 5.69 Å². The van der Waals surface area contributed by atoms with Crippen LogP contribution in [0.25, 0.3) is 11.4 Å². The van der Waals surface area contributed by atoms with Crippen LogP contribution in [0.1, 0.15) is 15.5 Å². The second-order valence-corrected chi connectivity index (χ2v) is 5.04. The summed E-state index contributed by atoms with van der Waals surface area (Å²) in [5.41, 5.74) is 0.974. The molecule has 0 aliphatic carbocycles. The maximum Gasteiger partial charge on any atom is 0.358 e. The monoisotopic (exact) mass is 290 g/mol. The van der Waals surface area contributed by atoms with Gasteiger partial charge in [0.25, 0.3) is 0 Å². The molecule has 0 spiro atoms. The van der Waals surface area contributed by atoms with Crippen molar-refractivity contribution in [3.63, 3.8) is 0 Å². The number of aromatic carboxylic acids is 1. The summed E-state index contributed by atoms with van der Waals surface area (Å²) in [6.45, 7) is 0.373. The standard InChI is InChI=1S/C11H10N6O2S/c1-16-6-12-4-7(16)10-9(11(18)19)14-15-17(10)5-8-13-2-3-20-8/h2-4,6H,5H2,1H3,(H,18,19). The van der Waals surface area contributed by atoms with Gasteiger partial charge >= 0.3 is 5.97 Å². The first kappa shape index (κ1) is 12.5. The molecule has 1 N–H and O–H groups in total. The highest BCUT2D eigenvalue weighted by Gasteiger charge is 2.23. The normalized spacial score (nSPS) is 10.8. The van der Waals surface area contributed by atoms with Gasteiger partial charge < -0.3 is 9.67 Å². The Labute approximate surface area is 117 Å². The second kappa shape index (κ2) is 4.85. The van der Waals surface area contributed by atoms with Crippen molar-refractivity contribution >= 4 is 17.3 Å². The van der Waals surface area contributed by atoms with Crippen LogP contribution in [-0.4, -0.2) is 40.6 Å². The zero-order valence-corrected chi connectivity index (χ0v) is 11.3. The van der Waals surface area contributed by atoms with Crippen molar-refractivity contribution in [1.29, 1.82) is 0 Å². The molecule has 20 heavy (non-hydrogen) atoms. The van der Waals surface area contributed by atoms with E-state index in [9.17, 15) is 9.90 Å². The van der Waals surface area contributed by atoms with Crippen LogP contribution in [-0.2, 0) is 13.6 Å². The Kier molecular flexibility index (Phi) is 3.03. The third-order valence-electron chi connectivity index (χ3n) is 2.77. The van der Waals surface area contributed by atoms with Gasteiger partial charge in [-0.3, -0.25) is 0 Å². The number of carbonyl (C=O) groups is 1. The number of carboxylic acid groups (broad SMARTS) is 1. The molecule has 0 aliphatic rings. The van der Waals surface area contributed by atoms with E-state index in [0.29, 0.717) is 17.9 Å². The summed E-state index contributed by atoms with van der Waals surface area (Å²) >= 11 is 1.48. The average molecular weight is 290 g/mol. The number of rotatable bonds is 4. The third-order valence-corrected chi connectivity index (χ3v) is 3.53. The molecule has 0 bridgehead atoms. The van der Waals surface area contributed by atoms with Gasteiger partial charge in [-0.25, -0.2) is 19.4 Å². The van der Waals surface area contributed by atoms with Crippen LogP contribution in [0.2, 0.25) is 0 Å². The highest BCUT2D eigenvalue weighted by molar-refractivity contribution is 7.09. The van der Waals surface area contributed by atoms with Crippen molar-refractivity contribution in [2.24, 2.45) is 7.05 Å². The molecule has 0 aliphatic heterocycles. The van der Waals surface area contributed by atoms with Gasteiger partial charge in [-0.15, -0.1) is 16.4 Å².